The molecule has 3 nitrogen and oxygen atoms in total. The van der Waals surface area contributed by atoms with Gasteiger partial charge < -0.3 is 10.4 Å². The van der Waals surface area contributed by atoms with Crippen LogP contribution < -0.4 is 5.32 Å². The Morgan fingerprint density at radius 1 is 1.29 bits per heavy atom. The van der Waals surface area contributed by atoms with Crippen molar-refractivity contribution in [2.24, 2.45) is 11.8 Å². The third-order valence-electron chi connectivity index (χ3n) is 3.57. The van der Waals surface area contributed by atoms with Gasteiger partial charge in [0.05, 0.1) is 0 Å². The molecule has 2 fully saturated rings. The van der Waals surface area contributed by atoms with Crippen LogP contribution in [0.4, 0.5) is 0 Å². The average molecular weight is 197 g/mol. The van der Waals surface area contributed by atoms with Gasteiger partial charge in [-0.05, 0) is 31.6 Å². The van der Waals surface area contributed by atoms with E-state index in [1.807, 2.05) is 0 Å². The summed E-state index contributed by atoms with van der Waals surface area (Å²) in [5.41, 5.74) is 0. The molecule has 0 saturated heterocycles. The van der Waals surface area contributed by atoms with Gasteiger partial charge in [-0.2, -0.15) is 0 Å². The van der Waals surface area contributed by atoms with E-state index in [1.165, 1.54) is 12.8 Å². The Labute approximate surface area is 84.9 Å². The molecule has 3 heteroatoms. The Bertz CT molecular complexity index is 205. The van der Waals surface area contributed by atoms with Crippen LogP contribution in [0.2, 0.25) is 0 Å². The first-order valence-corrected chi connectivity index (χ1v) is 5.71. The van der Waals surface area contributed by atoms with Crippen LogP contribution in [0.3, 0.4) is 0 Å². The Morgan fingerprint density at radius 3 is 2.50 bits per heavy atom. The van der Waals surface area contributed by atoms with E-state index in [0.717, 1.165) is 25.7 Å². The van der Waals surface area contributed by atoms with Crippen LogP contribution in [-0.2, 0) is 4.79 Å². The van der Waals surface area contributed by atoms with Crippen molar-refractivity contribution in [3.05, 3.63) is 0 Å². The summed E-state index contributed by atoms with van der Waals surface area (Å²) in [5, 5.41) is 11.9. The molecule has 0 spiro atoms. The minimum Gasteiger partial charge on any atom is -0.396 e. The number of amides is 1. The van der Waals surface area contributed by atoms with Gasteiger partial charge in [-0.15, -0.1) is 0 Å². The Morgan fingerprint density at radius 2 is 1.93 bits per heavy atom. The molecule has 14 heavy (non-hydrogen) atoms. The van der Waals surface area contributed by atoms with Gasteiger partial charge in [0, 0.05) is 18.6 Å². The van der Waals surface area contributed by atoms with Crippen LogP contribution in [0.5, 0.6) is 0 Å². The van der Waals surface area contributed by atoms with Gasteiger partial charge >= 0.3 is 0 Å². The van der Waals surface area contributed by atoms with Crippen molar-refractivity contribution in [2.75, 3.05) is 6.61 Å². The topological polar surface area (TPSA) is 49.3 Å². The lowest BCUT2D eigenvalue weighted by Crippen LogP contribution is -2.47. The molecule has 2 N–H and O–H groups in total. The van der Waals surface area contributed by atoms with E-state index < -0.39 is 0 Å². The van der Waals surface area contributed by atoms with E-state index in [2.05, 4.69) is 5.32 Å². The van der Waals surface area contributed by atoms with E-state index in [1.54, 1.807) is 0 Å². The van der Waals surface area contributed by atoms with Crippen molar-refractivity contribution in [2.45, 2.75) is 44.6 Å². The summed E-state index contributed by atoms with van der Waals surface area (Å²) < 4.78 is 0. The van der Waals surface area contributed by atoms with Crippen molar-refractivity contribution >= 4 is 5.91 Å². The molecule has 0 aromatic heterocycles. The van der Waals surface area contributed by atoms with Crippen LogP contribution in [-0.4, -0.2) is 23.7 Å². The Hall–Kier alpha value is -0.570. The van der Waals surface area contributed by atoms with Gasteiger partial charge in [0.1, 0.15) is 0 Å². The standard InChI is InChI=1S/C11H19NO2/c13-7-8-5-10(6-8)12-11(14)9-3-1-2-4-9/h8-10,13H,1-7H2,(H,12,14). The molecular formula is C11H19NO2. The Kier molecular flexibility index (Phi) is 3.06. The van der Waals surface area contributed by atoms with Crippen LogP contribution in [0.1, 0.15) is 38.5 Å². The fourth-order valence-electron chi connectivity index (χ4n) is 2.51. The second-order valence-corrected chi connectivity index (χ2v) is 4.71. The van der Waals surface area contributed by atoms with Crippen molar-refractivity contribution in [1.29, 1.82) is 0 Å². The highest BCUT2D eigenvalue weighted by molar-refractivity contribution is 5.79. The van der Waals surface area contributed by atoms with E-state index >= 15 is 0 Å². The highest BCUT2D eigenvalue weighted by Crippen LogP contribution is 2.29. The van der Waals surface area contributed by atoms with Gasteiger partial charge in [-0.3, -0.25) is 4.79 Å². The zero-order chi connectivity index (χ0) is 9.97. The lowest BCUT2D eigenvalue weighted by Gasteiger charge is -2.35. The van der Waals surface area contributed by atoms with Gasteiger partial charge in [-0.1, -0.05) is 12.8 Å². The number of carbonyl (C=O) groups excluding carboxylic acids is 1. The third kappa shape index (κ3) is 2.08. The monoisotopic (exact) mass is 197 g/mol. The molecular weight excluding hydrogens is 178 g/mol. The van der Waals surface area contributed by atoms with E-state index in [4.69, 9.17) is 5.11 Å². The molecule has 0 unspecified atom stereocenters. The summed E-state index contributed by atoms with van der Waals surface area (Å²) in [5.74, 6) is 0.968. The molecule has 0 radical (unpaired) electrons. The maximum absolute atomic E-state index is 11.7. The number of carbonyl (C=O) groups is 1. The largest absolute Gasteiger partial charge is 0.396 e. The number of aliphatic hydroxyl groups is 1. The molecule has 2 aliphatic carbocycles. The lowest BCUT2D eigenvalue weighted by atomic mass is 9.80. The minimum absolute atomic E-state index is 0.254. The second-order valence-electron chi connectivity index (χ2n) is 4.71. The van der Waals surface area contributed by atoms with Crippen LogP contribution in [0.25, 0.3) is 0 Å². The smallest absolute Gasteiger partial charge is 0.223 e. The SMILES string of the molecule is O=C(NC1CC(CO)C1)C1CCCC1. The molecule has 2 rings (SSSR count). The average Bonchev–Trinajstić information content (AvgIpc) is 2.62. The molecule has 80 valence electrons. The van der Waals surface area contributed by atoms with Crippen LogP contribution >= 0.6 is 0 Å². The zero-order valence-electron chi connectivity index (χ0n) is 8.54. The summed E-state index contributed by atoms with van der Waals surface area (Å²) in [6, 6.07) is 0.347. The number of nitrogens with one attached hydrogen (secondary N) is 1. The number of hydrogen-bond acceptors (Lipinski definition) is 2. The molecule has 0 aliphatic heterocycles. The lowest BCUT2D eigenvalue weighted by molar-refractivity contribution is -0.126. The molecule has 0 heterocycles. The summed E-state index contributed by atoms with van der Waals surface area (Å²) >= 11 is 0. The first-order chi connectivity index (χ1) is 6.79. The van der Waals surface area contributed by atoms with Crippen molar-refractivity contribution in [3.8, 4) is 0 Å². The third-order valence-corrected chi connectivity index (χ3v) is 3.57. The van der Waals surface area contributed by atoms with E-state index in [0.29, 0.717) is 12.0 Å². The molecule has 0 atom stereocenters. The highest BCUT2D eigenvalue weighted by Gasteiger charge is 2.32. The molecule has 2 saturated carbocycles. The van der Waals surface area contributed by atoms with Crippen molar-refractivity contribution in [1.82, 2.24) is 5.32 Å². The first kappa shape index (κ1) is 9.97. The predicted molar refractivity (Wildman–Crippen MR) is 53.7 cm³/mol. The van der Waals surface area contributed by atoms with Gasteiger partial charge in [0.15, 0.2) is 0 Å². The molecule has 2 aliphatic rings. The fraction of sp³-hybridized carbons (Fsp3) is 0.909. The van der Waals surface area contributed by atoms with Crippen LogP contribution in [0.15, 0.2) is 0 Å². The maximum atomic E-state index is 11.7. The van der Waals surface area contributed by atoms with E-state index in [9.17, 15) is 4.79 Å². The normalized spacial score (nSPS) is 32.6. The summed E-state index contributed by atoms with van der Waals surface area (Å²) in [6.45, 7) is 0.274. The number of aliphatic hydroxyl groups excluding tert-OH is 1. The van der Waals surface area contributed by atoms with Gasteiger partial charge in [0.2, 0.25) is 5.91 Å². The molecule has 1 amide bonds. The molecule has 0 bridgehead atoms. The van der Waals surface area contributed by atoms with Gasteiger partial charge in [-0.25, -0.2) is 0 Å². The number of rotatable bonds is 3. The van der Waals surface area contributed by atoms with E-state index in [-0.39, 0.29) is 18.4 Å². The molecule has 0 aromatic rings. The minimum atomic E-state index is 0.254. The maximum Gasteiger partial charge on any atom is 0.223 e. The summed E-state index contributed by atoms with van der Waals surface area (Å²) in [7, 11) is 0. The summed E-state index contributed by atoms with van der Waals surface area (Å²) in [6.07, 6.45) is 6.50. The Balaban J connectivity index is 1.68. The van der Waals surface area contributed by atoms with Crippen LogP contribution in [0, 0.1) is 11.8 Å². The summed E-state index contributed by atoms with van der Waals surface area (Å²) in [4.78, 5) is 11.7. The quantitative estimate of drug-likeness (QED) is 0.711. The highest BCUT2D eigenvalue weighted by atomic mass is 16.3. The predicted octanol–water partition coefficient (Wildman–Crippen LogP) is 1.06. The number of hydrogen-bond donors (Lipinski definition) is 2. The second kappa shape index (κ2) is 4.30. The first-order valence-electron chi connectivity index (χ1n) is 5.71. The molecule has 0 aromatic carbocycles. The zero-order valence-corrected chi connectivity index (χ0v) is 8.54. The van der Waals surface area contributed by atoms with Crippen molar-refractivity contribution in [3.63, 3.8) is 0 Å². The van der Waals surface area contributed by atoms with Gasteiger partial charge in [0.25, 0.3) is 0 Å². The fourth-order valence-corrected chi connectivity index (χ4v) is 2.51. The van der Waals surface area contributed by atoms with Crippen molar-refractivity contribution < 1.29 is 9.90 Å².